The molecule has 0 N–H and O–H groups in total. The van der Waals surface area contributed by atoms with Crippen LogP contribution in [0.4, 0.5) is 0 Å². The van der Waals surface area contributed by atoms with Gasteiger partial charge in [0.2, 0.25) is 0 Å². The number of hydrogen-bond donors (Lipinski definition) is 0. The molecule has 0 amide bonds. The van der Waals surface area contributed by atoms with Gasteiger partial charge < -0.3 is 9.19 Å². The van der Waals surface area contributed by atoms with E-state index in [1.807, 2.05) is 0 Å². The van der Waals surface area contributed by atoms with Crippen molar-refractivity contribution >= 4 is 0 Å². The molecule has 0 atom stereocenters. The zero-order valence-corrected chi connectivity index (χ0v) is 16.8. The van der Waals surface area contributed by atoms with E-state index in [4.69, 9.17) is 0 Å². The zero-order valence-electron chi connectivity index (χ0n) is 16.8. The van der Waals surface area contributed by atoms with Crippen molar-refractivity contribution in [3.8, 4) is 0 Å². The van der Waals surface area contributed by atoms with Crippen molar-refractivity contribution < 1.29 is 9.19 Å². The average Bonchev–Trinajstić information content (AvgIpc) is 2.45. The van der Waals surface area contributed by atoms with Gasteiger partial charge in [0.05, 0.1) is 27.7 Å². The molecule has 23 heavy (non-hydrogen) atoms. The smallest absolute Gasteiger partial charge is 0.0780 e. The Morgan fingerprint density at radius 1 is 0.435 bits per heavy atom. The van der Waals surface area contributed by atoms with E-state index in [1.165, 1.54) is 109 Å². The van der Waals surface area contributed by atoms with E-state index in [2.05, 4.69) is 28.1 Å². The molecule has 0 rings (SSSR count). The van der Waals surface area contributed by atoms with Gasteiger partial charge in [-0.15, -0.1) is 0 Å². The van der Waals surface area contributed by atoms with Gasteiger partial charge in [-0.25, -0.2) is 0 Å². The lowest BCUT2D eigenvalue weighted by atomic mass is 10.0. The molecule has 0 bridgehead atoms. The first-order valence-electron chi connectivity index (χ1n) is 10.4. The predicted octanol–water partition coefficient (Wildman–Crippen LogP) is 3.96. The number of hydrogen-bond acceptors (Lipinski definition) is 0. The molecular formula is C21H46FN. The lowest BCUT2D eigenvalue weighted by Crippen LogP contribution is -3.00. The second-order valence-corrected chi connectivity index (χ2v) is 8.32. The molecule has 0 unspecified atom stereocenters. The fourth-order valence-electron chi connectivity index (χ4n) is 3.13. The first kappa shape index (κ1) is 25.1. The van der Waals surface area contributed by atoms with Gasteiger partial charge in [0.1, 0.15) is 0 Å². The summed E-state index contributed by atoms with van der Waals surface area (Å²) in [5.41, 5.74) is 0. The predicted molar refractivity (Wildman–Crippen MR) is 102 cm³/mol. The Kier molecular flexibility index (Phi) is 19.9. The van der Waals surface area contributed by atoms with Crippen LogP contribution in [-0.4, -0.2) is 32.2 Å². The summed E-state index contributed by atoms with van der Waals surface area (Å²) in [7, 11) is 6.89. The summed E-state index contributed by atoms with van der Waals surface area (Å²) in [4.78, 5) is 0. The Morgan fingerprint density at radius 3 is 0.957 bits per heavy atom. The van der Waals surface area contributed by atoms with Gasteiger partial charge >= 0.3 is 0 Å². The topological polar surface area (TPSA) is 0 Å². The number of quaternary nitrogens is 1. The van der Waals surface area contributed by atoms with E-state index < -0.39 is 0 Å². The van der Waals surface area contributed by atoms with Crippen LogP contribution < -0.4 is 4.70 Å². The van der Waals surface area contributed by atoms with Crippen LogP contribution in [0.2, 0.25) is 0 Å². The normalized spacial score (nSPS) is 11.5. The second kappa shape index (κ2) is 18.2. The maximum atomic E-state index is 2.30. The first-order chi connectivity index (χ1) is 10.6. The molecule has 0 fully saturated rings. The minimum Gasteiger partial charge on any atom is -1.00 e. The van der Waals surface area contributed by atoms with Crippen LogP contribution in [0.5, 0.6) is 0 Å². The minimum absolute atomic E-state index is 0. The molecule has 2 heteroatoms. The highest BCUT2D eigenvalue weighted by atomic mass is 19.0. The highest BCUT2D eigenvalue weighted by Gasteiger charge is 2.04. The number of unbranched alkanes of at least 4 members (excludes halogenated alkanes) is 15. The molecule has 1 nitrogen and oxygen atoms in total. The van der Waals surface area contributed by atoms with Gasteiger partial charge in [0, 0.05) is 0 Å². The quantitative estimate of drug-likeness (QED) is 0.280. The van der Waals surface area contributed by atoms with Gasteiger partial charge in [-0.3, -0.25) is 0 Å². The minimum atomic E-state index is 0. The van der Waals surface area contributed by atoms with Crippen LogP contribution in [0.3, 0.4) is 0 Å². The molecule has 0 aliphatic rings. The average molecular weight is 332 g/mol. The number of nitrogens with zero attached hydrogens (tertiary/aromatic N) is 1. The summed E-state index contributed by atoms with van der Waals surface area (Å²) >= 11 is 0. The van der Waals surface area contributed by atoms with Gasteiger partial charge in [0.25, 0.3) is 0 Å². The van der Waals surface area contributed by atoms with Gasteiger partial charge in [-0.2, -0.15) is 0 Å². The third-order valence-electron chi connectivity index (χ3n) is 4.68. The summed E-state index contributed by atoms with van der Waals surface area (Å²) in [5, 5.41) is 0. The fraction of sp³-hybridized carbons (Fsp3) is 1.00. The molecule has 0 aliphatic heterocycles. The van der Waals surface area contributed by atoms with E-state index in [1.54, 1.807) is 0 Å². The van der Waals surface area contributed by atoms with Crippen LogP contribution in [-0.2, 0) is 0 Å². The summed E-state index contributed by atoms with van der Waals surface area (Å²) in [6.45, 7) is 3.63. The molecule has 0 aromatic heterocycles. The highest BCUT2D eigenvalue weighted by Crippen LogP contribution is 2.13. The van der Waals surface area contributed by atoms with Crippen LogP contribution in [0.1, 0.15) is 110 Å². The molecular weight excluding hydrogens is 285 g/mol. The zero-order chi connectivity index (χ0) is 16.5. The number of halogens is 1. The Labute approximate surface area is 147 Å². The standard InChI is InChI=1S/C21H46N.FH/c1-5-6-7-8-9-10-11-12-13-14-15-16-17-18-19-20-21-22(2,3)4;/h5-21H2,1-4H3;1H/q+1;/p-1. The molecule has 0 heterocycles. The molecule has 0 saturated carbocycles. The van der Waals surface area contributed by atoms with Gasteiger partial charge in [-0.05, 0) is 12.8 Å². The lowest BCUT2D eigenvalue weighted by Gasteiger charge is -2.23. The van der Waals surface area contributed by atoms with Gasteiger partial charge in [-0.1, -0.05) is 96.8 Å². The summed E-state index contributed by atoms with van der Waals surface area (Å²) < 4.78 is 1.12. The van der Waals surface area contributed by atoms with E-state index in [0.29, 0.717) is 0 Å². The third kappa shape index (κ3) is 24.3. The van der Waals surface area contributed by atoms with Crippen molar-refractivity contribution in [3.63, 3.8) is 0 Å². The van der Waals surface area contributed by atoms with E-state index in [-0.39, 0.29) is 4.70 Å². The molecule has 0 aromatic carbocycles. The Bertz CT molecular complexity index is 210. The fourth-order valence-corrected chi connectivity index (χ4v) is 3.13. The van der Waals surface area contributed by atoms with Crippen LogP contribution in [0.15, 0.2) is 0 Å². The molecule has 0 aliphatic carbocycles. The molecule has 0 spiro atoms. The van der Waals surface area contributed by atoms with Crippen LogP contribution >= 0.6 is 0 Å². The summed E-state index contributed by atoms with van der Waals surface area (Å²) in [5.74, 6) is 0. The van der Waals surface area contributed by atoms with Crippen LogP contribution in [0, 0.1) is 0 Å². The van der Waals surface area contributed by atoms with Crippen molar-refractivity contribution in [1.82, 2.24) is 0 Å². The Morgan fingerprint density at radius 2 is 0.696 bits per heavy atom. The summed E-state index contributed by atoms with van der Waals surface area (Å²) in [6.07, 6.45) is 23.4. The Hall–Kier alpha value is -0.110. The largest absolute Gasteiger partial charge is 1.00 e. The van der Waals surface area contributed by atoms with Crippen molar-refractivity contribution in [2.24, 2.45) is 0 Å². The SMILES string of the molecule is CCCCCCCCCCCCCCCCCC[N+](C)(C)C.[F-]. The van der Waals surface area contributed by atoms with Gasteiger partial charge in [0.15, 0.2) is 0 Å². The number of rotatable bonds is 17. The third-order valence-corrected chi connectivity index (χ3v) is 4.68. The Balaban J connectivity index is 0. The highest BCUT2D eigenvalue weighted by molar-refractivity contribution is 4.49. The molecule has 142 valence electrons. The maximum absolute atomic E-state index is 2.30. The molecule has 0 aromatic rings. The van der Waals surface area contributed by atoms with Crippen molar-refractivity contribution in [2.45, 2.75) is 110 Å². The van der Waals surface area contributed by atoms with E-state index in [0.717, 1.165) is 4.48 Å². The van der Waals surface area contributed by atoms with E-state index in [9.17, 15) is 0 Å². The molecule has 0 saturated heterocycles. The van der Waals surface area contributed by atoms with Crippen molar-refractivity contribution in [2.75, 3.05) is 27.7 Å². The summed E-state index contributed by atoms with van der Waals surface area (Å²) in [6, 6.07) is 0. The van der Waals surface area contributed by atoms with E-state index >= 15 is 0 Å². The van der Waals surface area contributed by atoms with Crippen LogP contribution in [0.25, 0.3) is 0 Å². The second-order valence-electron chi connectivity index (χ2n) is 8.32. The molecule has 0 radical (unpaired) electrons. The maximum Gasteiger partial charge on any atom is 0.0780 e. The first-order valence-corrected chi connectivity index (χ1v) is 10.4. The van der Waals surface area contributed by atoms with Crippen molar-refractivity contribution in [1.29, 1.82) is 0 Å². The van der Waals surface area contributed by atoms with Crippen molar-refractivity contribution in [3.05, 3.63) is 0 Å². The lowest BCUT2D eigenvalue weighted by molar-refractivity contribution is -0.870. The monoisotopic (exact) mass is 331 g/mol.